The van der Waals surface area contributed by atoms with Gasteiger partial charge in [0.05, 0.1) is 18.7 Å². The Morgan fingerprint density at radius 2 is 1.76 bits per heavy atom. The van der Waals surface area contributed by atoms with E-state index in [9.17, 15) is 18.0 Å². The third-order valence-corrected chi connectivity index (χ3v) is 7.17. The molecule has 0 saturated carbocycles. The Labute approximate surface area is 177 Å². The highest BCUT2D eigenvalue weighted by Gasteiger charge is 2.33. The van der Waals surface area contributed by atoms with Gasteiger partial charge in [0.1, 0.15) is 22.4 Å². The highest BCUT2D eigenvalue weighted by Crippen LogP contribution is 2.36. The minimum atomic E-state index is -3.87. The predicted molar refractivity (Wildman–Crippen MR) is 107 cm³/mol. The Bertz CT molecular complexity index is 870. The van der Waals surface area contributed by atoms with E-state index in [1.54, 1.807) is 0 Å². The van der Waals surface area contributed by atoms with Gasteiger partial charge in [0.25, 0.3) is 0 Å². The maximum atomic E-state index is 13.1. The van der Waals surface area contributed by atoms with E-state index in [1.165, 1.54) is 35.6 Å². The number of halogens is 1. The number of nitrogens with zero attached hydrogens (tertiary/aromatic N) is 2. The molecule has 1 aliphatic rings. The molecule has 1 heterocycles. The summed E-state index contributed by atoms with van der Waals surface area (Å²) >= 11 is 3.30. The first-order valence-electron chi connectivity index (χ1n) is 8.79. The third-order valence-electron chi connectivity index (χ3n) is 4.63. The van der Waals surface area contributed by atoms with E-state index in [-0.39, 0.29) is 55.6 Å². The molecule has 29 heavy (non-hydrogen) atoms. The lowest BCUT2D eigenvalue weighted by molar-refractivity contribution is -0.139. The standard InChI is InChI=1S/C17H24BrN3O7S/c1-27-13-10-15(14(28-2)9-11(13)18)29(25,26)21-7-5-20(6-8-21)16(22)4-3-12(19)17(23)24/h9-10,12H,3-8,19H2,1-2H3,(H,23,24)/t12-/m0/s1. The molecule has 1 aliphatic heterocycles. The quantitative estimate of drug-likeness (QED) is 0.533. The molecular weight excluding hydrogens is 470 g/mol. The zero-order valence-electron chi connectivity index (χ0n) is 16.1. The van der Waals surface area contributed by atoms with Crippen LogP contribution in [0.25, 0.3) is 0 Å². The SMILES string of the molecule is COc1cc(S(=O)(=O)N2CCN(C(=O)CC[C@H](N)C(=O)O)CC2)c(OC)cc1Br. The van der Waals surface area contributed by atoms with Gasteiger partial charge in [-0.3, -0.25) is 9.59 Å². The molecule has 0 radical (unpaired) electrons. The van der Waals surface area contributed by atoms with Gasteiger partial charge in [0, 0.05) is 38.7 Å². The number of nitrogens with two attached hydrogens (primary N) is 1. The van der Waals surface area contributed by atoms with Crippen molar-refractivity contribution in [2.75, 3.05) is 40.4 Å². The summed E-state index contributed by atoms with van der Waals surface area (Å²) in [5.41, 5.74) is 5.42. The number of rotatable bonds is 8. The highest BCUT2D eigenvalue weighted by molar-refractivity contribution is 9.10. The number of aliphatic carboxylic acids is 1. The van der Waals surface area contributed by atoms with Gasteiger partial charge in [0.15, 0.2) is 0 Å². The Morgan fingerprint density at radius 3 is 2.28 bits per heavy atom. The summed E-state index contributed by atoms with van der Waals surface area (Å²) in [6, 6.07) is 1.82. The fraction of sp³-hybridized carbons (Fsp3) is 0.529. The molecule has 0 unspecified atom stereocenters. The number of methoxy groups -OCH3 is 2. The minimum absolute atomic E-state index is 0.00203. The van der Waals surface area contributed by atoms with Gasteiger partial charge in [-0.15, -0.1) is 0 Å². The van der Waals surface area contributed by atoms with Crippen LogP contribution in [-0.4, -0.2) is 81.0 Å². The smallest absolute Gasteiger partial charge is 0.320 e. The van der Waals surface area contributed by atoms with E-state index in [0.717, 1.165) is 0 Å². The van der Waals surface area contributed by atoms with E-state index in [0.29, 0.717) is 10.2 Å². The fourth-order valence-electron chi connectivity index (χ4n) is 2.91. The first kappa shape index (κ1) is 23.4. The number of hydrogen-bond donors (Lipinski definition) is 2. The van der Waals surface area contributed by atoms with E-state index in [1.807, 2.05) is 0 Å². The molecule has 0 aliphatic carbocycles. The summed E-state index contributed by atoms with van der Waals surface area (Å²) in [6.07, 6.45) is 0.0283. The van der Waals surface area contributed by atoms with E-state index in [4.69, 9.17) is 20.3 Å². The summed E-state index contributed by atoms with van der Waals surface area (Å²) in [4.78, 5) is 24.5. The summed E-state index contributed by atoms with van der Waals surface area (Å²) in [7, 11) is -1.05. The van der Waals surface area contributed by atoms with Gasteiger partial charge < -0.3 is 25.2 Å². The molecule has 12 heteroatoms. The number of carboxylic acids is 1. The molecule has 1 atom stereocenters. The maximum absolute atomic E-state index is 13.1. The van der Waals surface area contributed by atoms with E-state index in [2.05, 4.69) is 15.9 Å². The van der Waals surface area contributed by atoms with Gasteiger partial charge >= 0.3 is 5.97 Å². The van der Waals surface area contributed by atoms with Crippen LogP contribution < -0.4 is 15.2 Å². The zero-order chi connectivity index (χ0) is 21.8. The van der Waals surface area contributed by atoms with Crippen LogP contribution in [0.1, 0.15) is 12.8 Å². The van der Waals surface area contributed by atoms with Crippen molar-refractivity contribution in [3.8, 4) is 11.5 Å². The number of benzene rings is 1. The lowest BCUT2D eigenvalue weighted by Crippen LogP contribution is -2.50. The van der Waals surface area contributed by atoms with E-state index >= 15 is 0 Å². The zero-order valence-corrected chi connectivity index (χ0v) is 18.5. The number of sulfonamides is 1. The molecule has 10 nitrogen and oxygen atoms in total. The molecule has 1 aromatic carbocycles. The molecule has 0 aromatic heterocycles. The molecule has 162 valence electrons. The first-order chi connectivity index (χ1) is 13.6. The van der Waals surface area contributed by atoms with Gasteiger partial charge in [-0.25, -0.2) is 8.42 Å². The second-order valence-electron chi connectivity index (χ2n) is 6.41. The number of piperazine rings is 1. The molecule has 1 aromatic rings. The molecule has 1 amide bonds. The summed E-state index contributed by atoms with van der Waals surface area (Å²) in [6.45, 7) is 0.633. The number of carbonyl (C=O) groups is 2. The second kappa shape index (κ2) is 9.74. The van der Waals surface area contributed by atoms with Crippen LogP contribution >= 0.6 is 15.9 Å². The fourth-order valence-corrected chi connectivity index (χ4v) is 4.97. The van der Waals surface area contributed by atoms with Crippen molar-refractivity contribution >= 4 is 37.8 Å². The van der Waals surface area contributed by atoms with Gasteiger partial charge in [0.2, 0.25) is 15.9 Å². The van der Waals surface area contributed by atoms with Gasteiger partial charge in [-0.2, -0.15) is 4.31 Å². The Balaban J connectivity index is 2.08. The molecular formula is C17H24BrN3O7S. The monoisotopic (exact) mass is 493 g/mol. The van der Waals surface area contributed by atoms with Crippen LogP contribution in [0.4, 0.5) is 0 Å². The Morgan fingerprint density at radius 1 is 1.17 bits per heavy atom. The Kier molecular flexibility index (Phi) is 7.86. The average Bonchev–Trinajstić information content (AvgIpc) is 2.71. The number of carboxylic acid groups (broad SMARTS) is 1. The predicted octanol–water partition coefficient (Wildman–Crippen LogP) is 0.491. The van der Waals surface area contributed by atoms with Crippen molar-refractivity contribution in [2.24, 2.45) is 5.73 Å². The van der Waals surface area contributed by atoms with Gasteiger partial charge in [-0.05, 0) is 28.4 Å². The molecule has 3 N–H and O–H groups in total. The summed E-state index contributed by atoms with van der Waals surface area (Å²) < 4.78 is 38.5. The summed E-state index contributed by atoms with van der Waals surface area (Å²) in [5.74, 6) is -0.874. The molecule has 1 fully saturated rings. The third kappa shape index (κ3) is 5.38. The molecule has 0 bridgehead atoms. The van der Waals surface area contributed by atoms with Crippen molar-refractivity contribution in [1.82, 2.24) is 9.21 Å². The van der Waals surface area contributed by atoms with Crippen LogP contribution in [0.2, 0.25) is 0 Å². The van der Waals surface area contributed by atoms with Crippen LogP contribution in [0, 0.1) is 0 Å². The van der Waals surface area contributed by atoms with Crippen molar-refractivity contribution < 1.29 is 32.6 Å². The number of carbonyl (C=O) groups excluding carboxylic acids is 1. The van der Waals surface area contributed by atoms with Crippen molar-refractivity contribution in [3.63, 3.8) is 0 Å². The summed E-state index contributed by atoms with van der Waals surface area (Å²) in [5, 5.41) is 8.79. The maximum Gasteiger partial charge on any atom is 0.320 e. The number of hydrogen-bond acceptors (Lipinski definition) is 7. The minimum Gasteiger partial charge on any atom is -0.496 e. The Hall–Kier alpha value is -1.89. The largest absolute Gasteiger partial charge is 0.496 e. The van der Waals surface area contributed by atoms with Crippen molar-refractivity contribution in [2.45, 2.75) is 23.8 Å². The van der Waals surface area contributed by atoms with Crippen LogP contribution in [0.3, 0.4) is 0 Å². The van der Waals surface area contributed by atoms with Crippen molar-refractivity contribution in [1.29, 1.82) is 0 Å². The lowest BCUT2D eigenvalue weighted by Gasteiger charge is -2.34. The van der Waals surface area contributed by atoms with Gasteiger partial charge in [-0.1, -0.05) is 0 Å². The second-order valence-corrected chi connectivity index (χ2v) is 9.17. The van der Waals surface area contributed by atoms with Crippen molar-refractivity contribution in [3.05, 3.63) is 16.6 Å². The molecule has 0 spiro atoms. The van der Waals surface area contributed by atoms with Crippen LogP contribution in [0.5, 0.6) is 11.5 Å². The van der Waals surface area contributed by atoms with E-state index < -0.39 is 22.0 Å². The topological polar surface area (TPSA) is 139 Å². The highest BCUT2D eigenvalue weighted by atomic mass is 79.9. The normalized spacial score (nSPS) is 16.3. The van der Waals surface area contributed by atoms with Crippen LogP contribution in [0.15, 0.2) is 21.5 Å². The number of amides is 1. The first-order valence-corrected chi connectivity index (χ1v) is 11.0. The molecule has 1 saturated heterocycles. The average molecular weight is 494 g/mol. The lowest BCUT2D eigenvalue weighted by atomic mass is 10.1. The number of ether oxygens (including phenoxy) is 2. The molecule has 2 rings (SSSR count). The van der Waals surface area contributed by atoms with Crippen LogP contribution in [-0.2, 0) is 19.6 Å².